The van der Waals surface area contributed by atoms with E-state index in [0.717, 1.165) is 25.9 Å². The standard InChI is InChI=1S/C13H16ClN3O4/c14-12-11(17(19)20)10(5-7-15-12)13(18)16-6-4-9-3-1-2-8-21-9/h5,7,9H,1-4,6,8H2,(H,16,18). The predicted octanol–water partition coefficient (Wildman–Crippen LogP) is 2.33. The fourth-order valence-electron chi connectivity index (χ4n) is 2.26. The van der Waals surface area contributed by atoms with Crippen LogP contribution in [0.1, 0.15) is 36.0 Å². The minimum Gasteiger partial charge on any atom is -0.378 e. The van der Waals surface area contributed by atoms with Crippen LogP contribution in [0.15, 0.2) is 12.3 Å². The van der Waals surface area contributed by atoms with E-state index in [0.29, 0.717) is 13.0 Å². The molecule has 0 radical (unpaired) electrons. The molecule has 1 N–H and O–H groups in total. The molecule has 1 aromatic heterocycles. The van der Waals surface area contributed by atoms with Crippen molar-refractivity contribution >= 4 is 23.2 Å². The Morgan fingerprint density at radius 2 is 2.38 bits per heavy atom. The molecular weight excluding hydrogens is 298 g/mol. The molecule has 1 aliphatic heterocycles. The van der Waals surface area contributed by atoms with Crippen LogP contribution < -0.4 is 5.32 Å². The Morgan fingerprint density at radius 1 is 1.57 bits per heavy atom. The summed E-state index contributed by atoms with van der Waals surface area (Å²) in [5.41, 5.74) is -0.546. The normalized spacial score (nSPS) is 18.2. The lowest BCUT2D eigenvalue weighted by Gasteiger charge is -2.22. The first kappa shape index (κ1) is 15.7. The summed E-state index contributed by atoms with van der Waals surface area (Å²) in [6.45, 7) is 1.16. The third-order valence-electron chi connectivity index (χ3n) is 3.33. The monoisotopic (exact) mass is 313 g/mol. The lowest BCUT2D eigenvalue weighted by atomic mass is 10.1. The molecule has 0 bridgehead atoms. The van der Waals surface area contributed by atoms with E-state index in [-0.39, 0.29) is 16.8 Å². The Kier molecular flexibility index (Phi) is 5.46. The molecule has 0 aromatic carbocycles. The second-order valence-electron chi connectivity index (χ2n) is 4.79. The molecule has 1 aliphatic rings. The minimum absolute atomic E-state index is 0.0791. The maximum atomic E-state index is 12.0. The van der Waals surface area contributed by atoms with Crippen LogP contribution in [0.3, 0.4) is 0 Å². The number of halogens is 1. The number of ether oxygens (including phenoxy) is 1. The second-order valence-corrected chi connectivity index (χ2v) is 5.15. The molecule has 1 unspecified atom stereocenters. The van der Waals surface area contributed by atoms with Crippen molar-refractivity contribution in [2.24, 2.45) is 0 Å². The molecule has 2 rings (SSSR count). The molecule has 1 amide bonds. The summed E-state index contributed by atoms with van der Waals surface area (Å²) in [6.07, 6.45) is 5.30. The minimum atomic E-state index is -0.700. The van der Waals surface area contributed by atoms with Gasteiger partial charge in [-0.05, 0) is 31.7 Å². The van der Waals surface area contributed by atoms with Gasteiger partial charge in [-0.2, -0.15) is 0 Å². The lowest BCUT2D eigenvalue weighted by molar-refractivity contribution is -0.385. The summed E-state index contributed by atoms with van der Waals surface area (Å²) in [5, 5.41) is 13.3. The molecular formula is C13H16ClN3O4. The second kappa shape index (κ2) is 7.33. The number of carbonyl (C=O) groups is 1. The highest BCUT2D eigenvalue weighted by atomic mass is 35.5. The molecule has 1 fully saturated rings. The van der Waals surface area contributed by atoms with E-state index >= 15 is 0 Å². The van der Waals surface area contributed by atoms with E-state index < -0.39 is 16.5 Å². The van der Waals surface area contributed by atoms with Crippen LogP contribution in [-0.2, 0) is 4.74 Å². The van der Waals surface area contributed by atoms with Gasteiger partial charge in [-0.15, -0.1) is 0 Å². The molecule has 1 saturated heterocycles. The molecule has 0 saturated carbocycles. The van der Waals surface area contributed by atoms with Crippen molar-refractivity contribution in [3.8, 4) is 0 Å². The van der Waals surface area contributed by atoms with Crippen molar-refractivity contribution in [1.29, 1.82) is 0 Å². The van der Waals surface area contributed by atoms with Gasteiger partial charge < -0.3 is 10.1 Å². The maximum Gasteiger partial charge on any atom is 0.319 e. The zero-order chi connectivity index (χ0) is 15.2. The quantitative estimate of drug-likeness (QED) is 0.511. The van der Waals surface area contributed by atoms with Gasteiger partial charge >= 0.3 is 5.69 Å². The van der Waals surface area contributed by atoms with Crippen molar-refractivity contribution in [3.05, 3.63) is 33.1 Å². The summed E-state index contributed by atoms with van der Waals surface area (Å²) < 4.78 is 5.56. The number of rotatable bonds is 5. The fraction of sp³-hybridized carbons (Fsp3) is 0.538. The number of nitrogens with zero attached hydrogens (tertiary/aromatic N) is 2. The molecule has 0 spiro atoms. The van der Waals surface area contributed by atoms with Gasteiger partial charge in [0.05, 0.1) is 11.0 Å². The fourth-order valence-corrected chi connectivity index (χ4v) is 2.49. The number of nitro groups is 1. The highest BCUT2D eigenvalue weighted by molar-refractivity contribution is 6.32. The van der Waals surface area contributed by atoms with Crippen LogP contribution in [0.5, 0.6) is 0 Å². The average molecular weight is 314 g/mol. The first-order valence-electron chi connectivity index (χ1n) is 6.78. The van der Waals surface area contributed by atoms with Crippen molar-refractivity contribution in [1.82, 2.24) is 10.3 Å². The van der Waals surface area contributed by atoms with Gasteiger partial charge in [0.25, 0.3) is 5.91 Å². The van der Waals surface area contributed by atoms with Gasteiger partial charge in [0.2, 0.25) is 5.15 Å². The van der Waals surface area contributed by atoms with E-state index in [1.165, 1.54) is 12.3 Å². The largest absolute Gasteiger partial charge is 0.378 e. The summed E-state index contributed by atoms with van der Waals surface area (Å²) in [5.74, 6) is -0.526. The van der Waals surface area contributed by atoms with E-state index in [1.54, 1.807) is 0 Å². The highest BCUT2D eigenvalue weighted by Gasteiger charge is 2.24. The number of aromatic nitrogens is 1. The van der Waals surface area contributed by atoms with Gasteiger partial charge in [0, 0.05) is 19.3 Å². The first-order chi connectivity index (χ1) is 10.1. The Hall–Kier alpha value is -1.73. The van der Waals surface area contributed by atoms with E-state index in [4.69, 9.17) is 16.3 Å². The summed E-state index contributed by atoms with van der Waals surface area (Å²) in [4.78, 5) is 25.9. The Bertz CT molecular complexity index is 532. The van der Waals surface area contributed by atoms with Gasteiger partial charge in [-0.25, -0.2) is 4.98 Å². The SMILES string of the molecule is O=C(NCCC1CCCCO1)c1ccnc(Cl)c1[N+](=O)[O-]. The van der Waals surface area contributed by atoms with Crippen molar-refractivity contribution < 1.29 is 14.5 Å². The third kappa shape index (κ3) is 4.12. The number of amides is 1. The topological polar surface area (TPSA) is 94.4 Å². The Labute approximate surface area is 126 Å². The Balaban J connectivity index is 1.94. The number of pyridine rings is 1. The number of hydrogen-bond acceptors (Lipinski definition) is 5. The van der Waals surface area contributed by atoms with E-state index in [9.17, 15) is 14.9 Å². The van der Waals surface area contributed by atoms with Crippen molar-refractivity contribution in [2.45, 2.75) is 31.8 Å². The number of nitrogens with one attached hydrogen (secondary N) is 1. The van der Waals surface area contributed by atoms with Gasteiger partial charge in [0.15, 0.2) is 0 Å². The Morgan fingerprint density at radius 3 is 3.05 bits per heavy atom. The van der Waals surface area contributed by atoms with Crippen LogP contribution >= 0.6 is 11.6 Å². The maximum absolute atomic E-state index is 12.0. The zero-order valence-corrected chi connectivity index (χ0v) is 12.1. The molecule has 2 heterocycles. The molecule has 0 aliphatic carbocycles. The zero-order valence-electron chi connectivity index (χ0n) is 11.4. The van der Waals surface area contributed by atoms with Crippen molar-refractivity contribution in [3.63, 3.8) is 0 Å². The van der Waals surface area contributed by atoms with E-state index in [1.807, 2.05) is 0 Å². The van der Waals surface area contributed by atoms with Crippen molar-refractivity contribution in [2.75, 3.05) is 13.2 Å². The molecule has 114 valence electrons. The number of carbonyl (C=O) groups excluding carboxylic acids is 1. The van der Waals surface area contributed by atoms with Gasteiger partial charge in [0.1, 0.15) is 5.56 Å². The molecule has 1 atom stereocenters. The summed E-state index contributed by atoms with van der Waals surface area (Å²) >= 11 is 5.67. The van der Waals surface area contributed by atoms with Gasteiger partial charge in [-0.1, -0.05) is 11.6 Å². The highest BCUT2D eigenvalue weighted by Crippen LogP contribution is 2.25. The molecule has 1 aromatic rings. The number of hydrogen-bond donors (Lipinski definition) is 1. The molecule has 21 heavy (non-hydrogen) atoms. The van der Waals surface area contributed by atoms with Crippen LogP contribution in [0.2, 0.25) is 5.15 Å². The average Bonchev–Trinajstić information content (AvgIpc) is 2.47. The molecule has 8 heteroatoms. The van der Waals surface area contributed by atoms with Gasteiger partial charge in [-0.3, -0.25) is 14.9 Å². The van der Waals surface area contributed by atoms with Crippen LogP contribution in [0.4, 0.5) is 5.69 Å². The smallest absolute Gasteiger partial charge is 0.319 e. The summed E-state index contributed by atoms with van der Waals surface area (Å²) in [6, 6.07) is 1.29. The van der Waals surface area contributed by atoms with Crippen LogP contribution in [0.25, 0.3) is 0 Å². The third-order valence-corrected chi connectivity index (χ3v) is 3.61. The van der Waals surface area contributed by atoms with E-state index in [2.05, 4.69) is 10.3 Å². The molecule has 7 nitrogen and oxygen atoms in total. The summed E-state index contributed by atoms with van der Waals surface area (Å²) in [7, 11) is 0. The lowest BCUT2D eigenvalue weighted by Crippen LogP contribution is -2.29. The van der Waals surface area contributed by atoms with Crippen LogP contribution in [-0.4, -0.2) is 35.1 Å². The van der Waals surface area contributed by atoms with Crippen LogP contribution in [0, 0.1) is 10.1 Å². The first-order valence-corrected chi connectivity index (χ1v) is 7.16. The predicted molar refractivity (Wildman–Crippen MR) is 76.4 cm³/mol.